The smallest absolute Gasteiger partial charge is 0.338 e. The van der Waals surface area contributed by atoms with Crippen molar-refractivity contribution >= 4 is 23.2 Å². The fraction of sp³-hybridized carbons (Fsp3) is 0.550. The molecule has 1 saturated carbocycles. The molecular formula is C20H25N3O3S. The average Bonchev–Trinajstić information content (AvgIpc) is 3.40. The van der Waals surface area contributed by atoms with Gasteiger partial charge in [0.2, 0.25) is 5.91 Å². The number of aromatic nitrogens is 2. The Hall–Kier alpha value is -2.15. The van der Waals surface area contributed by atoms with E-state index in [4.69, 9.17) is 5.11 Å². The van der Waals surface area contributed by atoms with E-state index in [1.165, 1.54) is 17.5 Å². The zero-order valence-corrected chi connectivity index (χ0v) is 16.2. The van der Waals surface area contributed by atoms with Gasteiger partial charge in [-0.25, -0.2) is 4.79 Å². The number of carboxylic acids is 1. The molecule has 0 aromatic carbocycles. The molecule has 2 aromatic rings. The van der Waals surface area contributed by atoms with Crippen LogP contribution >= 0.6 is 11.3 Å². The van der Waals surface area contributed by atoms with Crippen molar-refractivity contribution in [2.24, 2.45) is 0 Å². The molecule has 1 saturated heterocycles. The second kappa shape index (κ2) is 7.46. The third kappa shape index (κ3) is 3.40. The van der Waals surface area contributed by atoms with E-state index in [2.05, 4.69) is 16.5 Å². The van der Waals surface area contributed by atoms with E-state index >= 15 is 0 Å². The fourth-order valence-electron chi connectivity index (χ4n) is 4.56. The zero-order chi connectivity index (χ0) is 18.9. The molecule has 0 atom stereocenters. The van der Waals surface area contributed by atoms with Crippen LogP contribution in [0.3, 0.4) is 0 Å². The number of likely N-dealkylation sites (tertiary alicyclic amines) is 1. The van der Waals surface area contributed by atoms with Crippen LogP contribution in [0.5, 0.6) is 0 Å². The minimum atomic E-state index is -0.955. The van der Waals surface area contributed by atoms with Crippen LogP contribution in [0.25, 0.3) is 0 Å². The molecule has 27 heavy (non-hydrogen) atoms. The Morgan fingerprint density at radius 3 is 2.52 bits per heavy atom. The first-order valence-corrected chi connectivity index (χ1v) is 10.6. The third-order valence-electron chi connectivity index (χ3n) is 6.08. The maximum Gasteiger partial charge on any atom is 0.338 e. The molecule has 0 radical (unpaired) electrons. The topological polar surface area (TPSA) is 75.4 Å². The maximum atomic E-state index is 13.5. The van der Waals surface area contributed by atoms with Crippen LogP contribution in [0.4, 0.5) is 0 Å². The van der Waals surface area contributed by atoms with Crippen LogP contribution in [0.2, 0.25) is 0 Å². The summed E-state index contributed by atoms with van der Waals surface area (Å²) in [5.74, 6) is -0.668. The van der Waals surface area contributed by atoms with E-state index in [1.54, 1.807) is 22.2 Å². The van der Waals surface area contributed by atoms with E-state index in [0.717, 1.165) is 38.5 Å². The molecule has 2 fully saturated rings. The lowest BCUT2D eigenvalue weighted by Gasteiger charge is -2.41. The Bertz CT molecular complexity index is 800. The van der Waals surface area contributed by atoms with Crippen molar-refractivity contribution in [2.75, 3.05) is 13.1 Å². The number of aromatic carboxylic acids is 1. The molecule has 3 heterocycles. The van der Waals surface area contributed by atoms with Crippen molar-refractivity contribution in [3.63, 3.8) is 0 Å². The van der Waals surface area contributed by atoms with Crippen LogP contribution in [0.15, 0.2) is 29.9 Å². The number of hydrogen-bond acceptors (Lipinski definition) is 4. The highest BCUT2D eigenvalue weighted by molar-refractivity contribution is 7.10. The van der Waals surface area contributed by atoms with Gasteiger partial charge in [-0.2, -0.15) is 5.10 Å². The quantitative estimate of drug-likeness (QED) is 0.868. The van der Waals surface area contributed by atoms with Gasteiger partial charge in [-0.1, -0.05) is 25.3 Å². The Morgan fingerprint density at radius 2 is 1.93 bits per heavy atom. The summed E-state index contributed by atoms with van der Waals surface area (Å²) < 4.78 is 1.75. The fourth-order valence-corrected chi connectivity index (χ4v) is 5.53. The van der Waals surface area contributed by atoms with Gasteiger partial charge in [0.05, 0.1) is 23.2 Å². The van der Waals surface area contributed by atoms with Crippen LogP contribution < -0.4 is 0 Å². The first-order chi connectivity index (χ1) is 13.1. The highest BCUT2D eigenvalue weighted by Gasteiger charge is 2.44. The molecule has 1 N–H and O–H groups in total. The summed E-state index contributed by atoms with van der Waals surface area (Å²) in [4.78, 5) is 27.8. The summed E-state index contributed by atoms with van der Waals surface area (Å²) in [6.07, 6.45) is 9.97. The molecule has 2 aromatic heterocycles. The van der Waals surface area contributed by atoms with Crippen molar-refractivity contribution in [3.8, 4) is 0 Å². The molecule has 0 spiro atoms. The van der Waals surface area contributed by atoms with Gasteiger partial charge in [0, 0.05) is 24.2 Å². The van der Waals surface area contributed by atoms with Gasteiger partial charge in [0.1, 0.15) is 0 Å². The van der Waals surface area contributed by atoms with Gasteiger partial charge in [0.15, 0.2) is 0 Å². The Labute approximate surface area is 162 Å². The molecule has 6 nitrogen and oxygen atoms in total. The van der Waals surface area contributed by atoms with Gasteiger partial charge >= 0.3 is 5.97 Å². The largest absolute Gasteiger partial charge is 0.478 e. The van der Waals surface area contributed by atoms with Crippen LogP contribution in [-0.4, -0.2) is 44.8 Å². The lowest BCUT2D eigenvalue weighted by molar-refractivity contribution is -0.140. The Kier molecular flexibility index (Phi) is 5.04. The van der Waals surface area contributed by atoms with Gasteiger partial charge in [-0.3, -0.25) is 9.48 Å². The molecule has 4 rings (SSSR count). The minimum absolute atomic E-state index is 0.159. The predicted molar refractivity (Wildman–Crippen MR) is 103 cm³/mol. The number of carbonyl (C=O) groups is 2. The van der Waals surface area contributed by atoms with Crippen molar-refractivity contribution < 1.29 is 14.7 Å². The summed E-state index contributed by atoms with van der Waals surface area (Å²) in [6, 6.07) is 4.33. The number of rotatable bonds is 4. The molecule has 0 unspecified atom stereocenters. The first-order valence-electron chi connectivity index (χ1n) is 9.71. The molecule has 2 aliphatic rings. The zero-order valence-electron chi connectivity index (χ0n) is 15.3. The second-order valence-electron chi connectivity index (χ2n) is 7.66. The van der Waals surface area contributed by atoms with E-state index < -0.39 is 5.97 Å². The number of carboxylic acid groups (broad SMARTS) is 1. The number of nitrogens with zero attached hydrogens (tertiary/aromatic N) is 3. The highest BCUT2D eigenvalue weighted by Crippen LogP contribution is 2.43. The molecule has 1 amide bonds. The van der Waals surface area contributed by atoms with Gasteiger partial charge in [0.25, 0.3) is 0 Å². The number of piperidine rings is 1. The lowest BCUT2D eigenvalue weighted by Crippen LogP contribution is -2.50. The number of hydrogen-bond donors (Lipinski definition) is 1. The number of carbonyl (C=O) groups excluding carboxylic acids is 1. The Morgan fingerprint density at radius 1 is 1.19 bits per heavy atom. The third-order valence-corrected chi connectivity index (χ3v) is 7.16. The number of thiophene rings is 1. The van der Waals surface area contributed by atoms with Crippen LogP contribution in [0, 0.1) is 0 Å². The van der Waals surface area contributed by atoms with E-state index in [1.807, 2.05) is 11.0 Å². The van der Waals surface area contributed by atoms with Crippen molar-refractivity contribution in [2.45, 2.75) is 56.4 Å². The normalized spacial score (nSPS) is 20.5. The van der Waals surface area contributed by atoms with Gasteiger partial charge < -0.3 is 10.0 Å². The Balaban J connectivity index is 1.46. The van der Waals surface area contributed by atoms with E-state index in [0.29, 0.717) is 13.1 Å². The first kappa shape index (κ1) is 18.2. The average molecular weight is 388 g/mol. The molecule has 0 bridgehead atoms. The van der Waals surface area contributed by atoms with Crippen molar-refractivity contribution in [3.05, 3.63) is 40.3 Å². The molecule has 1 aliphatic heterocycles. The van der Waals surface area contributed by atoms with Crippen LogP contribution in [0.1, 0.15) is 66.2 Å². The number of amides is 1. The molecule has 7 heteroatoms. The van der Waals surface area contributed by atoms with Gasteiger partial charge in [-0.15, -0.1) is 11.3 Å². The van der Waals surface area contributed by atoms with Crippen molar-refractivity contribution in [1.29, 1.82) is 0 Å². The van der Waals surface area contributed by atoms with E-state index in [-0.39, 0.29) is 22.9 Å². The predicted octanol–water partition coefficient (Wildman–Crippen LogP) is 3.71. The summed E-state index contributed by atoms with van der Waals surface area (Å²) >= 11 is 1.71. The summed E-state index contributed by atoms with van der Waals surface area (Å²) in [6.45, 7) is 1.41. The second-order valence-corrected chi connectivity index (χ2v) is 8.61. The summed E-state index contributed by atoms with van der Waals surface area (Å²) in [7, 11) is 0. The van der Waals surface area contributed by atoms with Crippen molar-refractivity contribution in [1.82, 2.24) is 14.7 Å². The molecular weight excluding hydrogens is 362 g/mol. The maximum absolute atomic E-state index is 13.5. The summed E-state index contributed by atoms with van der Waals surface area (Å²) in [5.41, 5.74) is -0.117. The monoisotopic (exact) mass is 387 g/mol. The SMILES string of the molecule is O=C(O)c1cnn(C2CCN(C(=O)C3(c4cccs4)CCCCC3)CC2)c1. The lowest BCUT2D eigenvalue weighted by atomic mass is 9.71. The van der Waals surface area contributed by atoms with E-state index in [9.17, 15) is 9.59 Å². The van der Waals surface area contributed by atoms with Gasteiger partial charge in [-0.05, 0) is 37.1 Å². The highest BCUT2D eigenvalue weighted by atomic mass is 32.1. The standard InChI is InChI=1S/C20H25N3O3S/c24-18(25)15-13-21-23(14-15)16-6-10-22(11-7-16)19(26)20(8-2-1-3-9-20)17-5-4-12-27-17/h4-5,12-14,16H,1-3,6-11H2,(H,24,25). The summed E-state index contributed by atoms with van der Waals surface area (Å²) in [5, 5.41) is 15.4. The minimum Gasteiger partial charge on any atom is -0.478 e. The molecule has 144 valence electrons. The van der Waals surface area contributed by atoms with Crippen LogP contribution in [-0.2, 0) is 10.2 Å². The molecule has 1 aliphatic carbocycles.